The fraction of sp³-hybridized carbons (Fsp3) is 0.500. The van der Waals surface area contributed by atoms with Crippen molar-refractivity contribution in [2.75, 3.05) is 43.1 Å². The minimum Gasteiger partial charge on any atom is -0.466 e. The summed E-state index contributed by atoms with van der Waals surface area (Å²) >= 11 is 0. The van der Waals surface area contributed by atoms with Crippen molar-refractivity contribution in [2.45, 2.75) is 13.3 Å². The van der Waals surface area contributed by atoms with E-state index in [1.165, 1.54) is 11.4 Å². The Morgan fingerprint density at radius 3 is 2.72 bits per heavy atom. The number of carbonyl (C=O) groups excluding carboxylic acids is 1. The van der Waals surface area contributed by atoms with Crippen LogP contribution in [0.25, 0.3) is 0 Å². The number of anilines is 2. The lowest BCUT2D eigenvalue weighted by molar-refractivity contribution is -0.142. The van der Waals surface area contributed by atoms with E-state index in [4.69, 9.17) is 4.74 Å². The number of benzene rings is 1. The van der Waals surface area contributed by atoms with Crippen LogP contribution in [0.4, 0.5) is 11.4 Å². The molecule has 0 atom stereocenters. The van der Waals surface area contributed by atoms with Crippen molar-refractivity contribution >= 4 is 17.3 Å². The molecule has 0 radical (unpaired) electrons. The fourth-order valence-electron chi connectivity index (χ4n) is 2.26. The number of rotatable bonds is 4. The van der Waals surface area contributed by atoms with Gasteiger partial charge in [0, 0.05) is 26.7 Å². The quantitative estimate of drug-likeness (QED) is 0.762. The molecule has 1 aliphatic heterocycles. The molecule has 4 nitrogen and oxygen atoms in total. The summed E-state index contributed by atoms with van der Waals surface area (Å²) in [5, 5.41) is 0. The molecule has 98 valence electrons. The molecule has 2 rings (SSSR count). The molecule has 0 amide bonds. The van der Waals surface area contributed by atoms with Crippen LogP contribution in [0.2, 0.25) is 0 Å². The highest BCUT2D eigenvalue weighted by Gasteiger charge is 2.20. The number of fused-ring (bicyclic) bond motifs is 1. The maximum absolute atomic E-state index is 11.4. The van der Waals surface area contributed by atoms with Crippen LogP contribution in [0, 0.1) is 0 Å². The zero-order chi connectivity index (χ0) is 13.0. The Hall–Kier alpha value is -1.71. The van der Waals surface area contributed by atoms with Crippen LogP contribution in [0.5, 0.6) is 0 Å². The number of hydrogen-bond donors (Lipinski definition) is 0. The monoisotopic (exact) mass is 248 g/mol. The summed E-state index contributed by atoms with van der Waals surface area (Å²) in [5.41, 5.74) is 2.43. The zero-order valence-corrected chi connectivity index (χ0v) is 11.1. The number of likely N-dealkylation sites (N-methyl/N-ethyl adjacent to an activating group) is 1. The van der Waals surface area contributed by atoms with Crippen LogP contribution in [0.1, 0.15) is 13.3 Å². The van der Waals surface area contributed by atoms with Crippen molar-refractivity contribution in [1.82, 2.24) is 0 Å². The summed E-state index contributed by atoms with van der Waals surface area (Å²) in [6.45, 7) is 4.96. The molecule has 0 fully saturated rings. The Morgan fingerprint density at radius 1 is 1.28 bits per heavy atom. The van der Waals surface area contributed by atoms with E-state index >= 15 is 0 Å². The van der Waals surface area contributed by atoms with Gasteiger partial charge in [-0.05, 0) is 19.1 Å². The second-order valence-corrected chi connectivity index (χ2v) is 4.45. The first-order valence-electron chi connectivity index (χ1n) is 6.43. The van der Waals surface area contributed by atoms with Gasteiger partial charge < -0.3 is 14.5 Å². The van der Waals surface area contributed by atoms with E-state index in [1.54, 1.807) is 0 Å². The van der Waals surface area contributed by atoms with E-state index in [9.17, 15) is 4.79 Å². The molecule has 1 aromatic carbocycles. The second kappa shape index (κ2) is 5.76. The minimum absolute atomic E-state index is 0.117. The molecule has 0 aromatic heterocycles. The van der Waals surface area contributed by atoms with Gasteiger partial charge in [0.25, 0.3) is 0 Å². The predicted octanol–water partition coefficient (Wildman–Crippen LogP) is 1.90. The Kier molecular flexibility index (Phi) is 4.07. The molecule has 1 aliphatic rings. The number of carbonyl (C=O) groups is 1. The molecule has 0 spiro atoms. The molecule has 0 aliphatic carbocycles. The molecule has 1 heterocycles. The molecule has 0 saturated heterocycles. The Bertz CT molecular complexity index is 420. The minimum atomic E-state index is -0.117. The number of ether oxygens (including phenoxy) is 1. The second-order valence-electron chi connectivity index (χ2n) is 4.45. The number of hydrogen-bond acceptors (Lipinski definition) is 4. The summed E-state index contributed by atoms with van der Waals surface area (Å²) in [6, 6.07) is 8.31. The highest BCUT2D eigenvalue weighted by Crippen LogP contribution is 2.31. The third kappa shape index (κ3) is 2.75. The predicted molar refractivity (Wildman–Crippen MR) is 73.2 cm³/mol. The van der Waals surface area contributed by atoms with Gasteiger partial charge in [0.1, 0.15) is 0 Å². The van der Waals surface area contributed by atoms with E-state index in [0.717, 1.165) is 19.6 Å². The van der Waals surface area contributed by atoms with Gasteiger partial charge in [0.15, 0.2) is 0 Å². The van der Waals surface area contributed by atoms with Crippen molar-refractivity contribution in [3.8, 4) is 0 Å². The van der Waals surface area contributed by atoms with E-state index < -0.39 is 0 Å². The Balaban J connectivity index is 2.03. The number of esters is 1. The number of nitrogens with zero attached hydrogens (tertiary/aromatic N) is 2. The normalized spacial score (nSPS) is 14.3. The van der Waals surface area contributed by atoms with Gasteiger partial charge in [-0.3, -0.25) is 4.79 Å². The van der Waals surface area contributed by atoms with E-state index in [-0.39, 0.29) is 5.97 Å². The van der Waals surface area contributed by atoms with Crippen molar-refractivity contribution in [3.05, 3.63) is 24.3 Å². The highest BCUT2D eigenvalue weighted by atomic mass is 16.5. The van der Waals surface area contributed by atoms with Crippen LogP contribution < -0.4 is 9.80 Å². The van der Waals surface area contributed by atoms with Crippen LogP contribution >= 0.6 is 0 Å². The molecule has 4 heteroatoms. The topological polar surface area (TPSA) is 32.8 Å². The first-order chi connectivity index (χ1) is 8.72. The summed E-state index contributed by atoms with van der Waals surface area (Å²) in [4.78, 5) is 15.9. The Morgan fingerprint density at radius 2 is 2.00 bits per heavy atom. The third-order valence-electron chi connectivity index (χ3n) is 3.23. The lowest BCUT2D eigenvalue weighted by Crippen LogP contribution is -2.40. The Labute approximate surface area is 108 Å². The third-order valence-corrected chi connectivity index (χ3v) is 3.23. The van der Waals surface area contributed by atoms with Gasteiger partial charge in [-0.25, -0.2) is 0 Å². The molecule has 0 saturated carbocycles. The molecule has 0 bridgehead atoms. The van der Waals surface area contributed by atoms with Gasteiger partial charge in [0.2, 0.25) is 0 Å². The summed E-state index contributed by atoms with van der Waals surface area (Å²) in [6.07, 6.45) is 0.450. The SMILES string of the molecule is CCOC(=O)CCN1CCN(C)c2ccccc21. The van der Waals surface area contributed by atoms with E-state index in [2.05, 4.69) is 29.0 Å². The van der Waals surface area contributed by atoms with Crippen molar-refractivity contribution in [2.24, 2.45) is 0 Å². The van der Waals surface area contributed by atoms with Crippen LogP contribution in [0.15, 0.2) is 24.3 Å². The van der Waals surface area contributed by atoms with Gasteiger partial charge in [0.05, 0.1) is 24.4 Å². The van der Waals surface area contributed by atoms with E-state index in [0.29, 0.717) is 13.0 Å². The standard InChI is InChI=1S/C14H20N2O2/c1-3-18-14(17)8-9-16-11-10-15(2)12-6-4-5-7-13(12)16/h4-7H,3,8-11H2,1-2H3. The molecular formula is C14H20N2O2. The smallest absolute Gasteiger partial charge is 0.307 e. The summed E-state index contributed by atoms with van der Waals surface area (Å²) in [5.74, 6) is -0.117. The maximum Gasteiger partial charge on any atom is 0.307 e. The lowest BCUT2D eigenvalue weighted by Gasteiger charge is -2.36. The maximum atomic E-state index is 11.4. The van der Waals surface area contributed by atoms with Crippen LogP contribution in [0.3, 0.4) is 0 Å². The van der Waals surface area contributed by atoms with Gasteiger partial charge in [-0.15, -0.1) is 0 Å². The molecular weight excluding hydrogens is 228 g/mol. The van der Waals surface area contributed by atoms with Gasteiger partial charge >= 0.3 is 5.97 Å². The van der Waals surface area contributed by atoms with Gasteiger partial charge in [-0.2, -0.15) is 0 Å². The lowest BCUT2D eigenvalue weighted by atomic mass is 10.1. The first-order valence-corrected chi connectivity index (χ1v) is 6.43. The fourth-order valence-corrected chi connectivity index (χ4v) is 2.26. The molecule has 1 aromatic rings. The van der Waals surface area contributed by atoms with E-state index in [1.807, 2.05) is 19.1 Å². The summed E-state index contributed by atoms with van der Waals surface area (Å²) < 4.78 is 4.97. The largest absolute Gasteiger partial charge is 0.466 e. The van der Waals surface area contributed by atoms with Crippen LogP contribution in [-0.4, -0.2) is 39.3 Å². The van der Waals surface area contributed by atoms with Crippen LogP contribution in [-0.2, 0) is 9.53 Å². The summed E-state index contributed by atoms with van der Waals surface area (Å²) in [7, 11) is 2.10. The first kappa shape index (κ1) is 12.7. The average Bonchev–Trinajstić information content (AvgIpc) is 2.39. The highest BCUT2D eigenvalue weighted by molar-refractivity contribution is 5.75. The zero-order valence-electron chi connectivity index (χ0n) is 11.1. The average molecular weight is 248 g/mol. The van der Waals surface area contributed by atoms with Gasteiger partial charge in [-0.1, -0.05) is 12.1 Å². The molecule has 0 unspecified atom stereocenters. The van der Waals surface area contributed by atoms with Crippen molar-refractivity contribution in [3.63, 3.8) is 0 Å². The molecule has 0 N–H and O–H groups in total. The molecule has 18 heavy (non-hydrogen) atoms. The van der Waals surface area contributed by atoms with Crippen molar-refractivity contribution in [1.29, 1.82) is 0 Å². The van der Waals surface area contributed by atoms with Crippen molar-refractivity contribution < 1.29 is 9.53 Å². The number of para-hydroxylation sites is 2.